The number of Topliss-reactive ketones (excluding diaryl/α,β-unsaturated/α-hetero) is 1. The second kappa shape index (κ2) is 8.54. The molecule has 0 aromatic heterocycles. The van der Waals surface area contributed by atoms with Crippen LogP contribution in [0.3, 0.4) is 0 Å². The van der Waals surface area contributed by atoms with E-state index in [9.17, 15) is 18.8 Å². The van der Waals surface area contributed by atoms with Crippen LogP contribution < -0.4 is 5.32 Å². The lowest BCUT2D eigenvalue weighted by atomic mass is 10.1. The summed E-state index contributed by atoms with van der Waals surface area (Å²) in [6, 6.07) is 12.0. The molecule has 0 heterocycles. The van der Waals surface area contributed by atoms with Gasteiger partial charge in [0.05, 0.1) is 0 Å². The van der Waals surface area contributed by atoms with E-state index in [-0.39, 0.29) is 11.6 Å². The average Bonchev–Trinajstić information content (AvgIpc) is 2.59. The lowest BCUT2D eigenvalue weighted by Gasteiger charge is -2.06. The molecule has 5 nitrogen and oxygen atoms in total. The van der Waals surface area contributed by atoms with Gasteiger partial charge in [-0.05, 0) is 42.8 Å². The maximum atomic E-state index is 12.8. The van der Waals surface area contributed by atoms with Crippen molar-refractivity contribution < 1.29 is 23.5 Å². The van der Waals surface area contributed by atoms with Crippen LogP contribution >= 0.6 is 0 Å². The van der Waals surface area contributed by atoms with Gasteiger partial charge in [-0.25, -0.2) is 9.18 Å². The van der Waals surface area contributed by atoms with E-state index >= 15 is 0 Å². The van der Waals surface area contributed by atoms with Crippen molar-refractivity contribution in [3.05, 3.63) is 71.6 Å². The first-order chi connectivity index (χ1) is 11.9. The highest BCUT2D eigenvalue weighted by atomic mass is 19.1. The second-order valence-corrected chi connectivity index (χ2v) is 5.18. The first-order valence-electron chi connectivity index (χ1n) is 7.45. The number of esters is 1. The molecular weight excluding hydrogens is 325 g/mol. The molecule has 1 amide bonds. The summed E-state index contributed by atoms with van der Waals surface area (Å²) in [7, 11) is 0. The van der Waals surface area contributed by atoms with Gasteiger partial charge in [0.2, 0.25) is 0 Å². The van der Waals surface area contributed by atoms with Gasteiger partial charge in [0, 0.05) is 17.3 Å². The first kappa shape index (κ1) is 18.1. The molecule has 2 aromatic carbocycles. The van der Waals surface area contributed by atoms with Crippen LogP contribution in [0.2, 0.25) is 0 Å². The number of benzene rings is 2. The third-order valence-corrected chi connectivity index (χ3v) is 3.18. The molecule has 0 aliphatic rings. The van der Waals surface area contributed by atoms with Gasteiger partial charge in [0.1, 0.15) is 5.82 Å². The summed E-state index contributed by atoms with van der Waals surface area (Å²) >= 11 is 0. The summed E-state index contributed by atoms with van der Waals surface area (Å²) in [6.45, 7) is 0.965. The Bertz CT molecular complexity index is 812. The maximum absolute atomic E-state index is 12.8. The quantitative estimate of drug-likeness (QED) is 0.497. The number of carbonyl (C=O) groups excluding carboxylic acids is 3. The molecule has 0 bridgehead atoms. The Balaban J connectivity index is 1.83. The van der Waals surface area contributed by atoms with Gasteiger partial charge in [-0.1, -0.05) is 24.3 Å². The van der Waals surface area contributed by atoms with Crippen LogP contribution in [0.4, 0.5) is 10.1 Å². The second-order valence-electron chi connectivity index (χ2n) is 5.18. The predicted octanol–water partition coefficient (Wildman–Crippen LogP) is 3.22. The third-order valence-electron chi connectivity index (χ3n) is 3.18. The fourth-order valence-corrected chi connectivity index (χ4v) is 1.94. The van der Waals surface area contributed by atoms with Crippen molar-refractivity contribution in [3.63, 3.8) is 0 Å². The van der Waals surface area contributed by atoms with E-state index in [1.54, 1.807) is 18.2 Å². The van der Waals surface area contributed by atoms with E-state index in [1.165, 1.54) is 43.3 Å². The van der Waals surface area contributed by atoms with Crippen molar-refractivity contribution in [1.82, 2.24) is 0 Å². The number of carbonyl (C=O) groups is 3. The Morgan fingerprint density at radius 1 is 1.12 bits per heavy atom. The normalized spacial score (nSPS) is 10.5. The molecule has 0 atom stereocenters. The number of halogens is 1. The van der Waals surface area contributed by atoms with Crippen molar-refractivity contribution in [2.45, 2.75) is 6.92 Å². The number of rotatable bonds is 6. The SMILES string of the molecule is CC(=O)c1cccc(NC(=O)COC(=O)/C=C/c2ccc(F)cc2)c1. The van der Waals surface area contributed by atoms with E-state index in [4.69, 9.17) is 4.74 Å². The van der Waals surface area contributed by atoms with E-state index in [0.717, 1.165) is 6.08 Å². The summed E-state index contributed by atoms with van der Waals surface area (Å²) < 4.78 is 17.6. The van der Waals surface area contributed by atoms with Crippen molar-refractivity contribution in [1.29, 1.82) is 0 Å². The maximum Gasteiger partial charge on any atom is 0.331 e. The number of nitrogens with one attached hydrogen (secondary N) is 1. The highest BCUT2D eigenvalue weighted by Gasteiger charge is 2.07. The monoisotopic (exact) mass is 341 g/mol. The van der Waals surface area contributed by atoms with Crippen molar-refractivity contribution in [2.24, 2.45) is 0 Å². The minimum Gasteiger partial charge on any atom is -0.452 e. The zero-order chi connectivity index (χ0) is 18.2. The smallest absolute Gasteiger partial charge is 0.331 e. The zero-order valence-electron chi connectivity index (χ0n) is 13.5. The Morgan fingerprint density at radius 2 is 1.84 bits per heavy atom. The molecule has 0 aliphatic heterocycles. The molecule has 6 heteroatoms. The van der Waals surface area contributed by atoms with Crippen LogP contribution in [-0.2, 0) is 14.3 Å². The molecule has 0 saturated carbocycles. The highest BCUT2D eigenvalue weighted by Crippen LogP contribution is 2.11. The molecule has 0 radical (unpaired) electrons. The summed E-state index contributed by atoms with van der Waals surface area (Å²) in [6.07, 6.45) is 2.60. The van der Waals surface area contributed by atoms with E-state index in [0.29, 0.717) is 16.8 Å². The largest absolute Gasteiger partial charge is 0.452 e. The van der Waals surface area contributed by atoms with Crippen molar-refractivity contribution in [2.75, 3.05) is 11.9 Å². The number of hydrogen-bond donors (Lipinski definition) is 1. The summed E-state index contributed by atoms with van der Waals surface area (Å²) in [5.74, 6) is -1.71. The van der Waals surface area contributed by atoms with Gasteiger partial charge in [-0.15, -0.1) is 0 Å². The standard InChI is InChI=1S/C19H16FNO4/c1-13(22)15-3-2-4-17(11-15)21-18(23)12-25-19(24)10-7-14-5-8-16(20)9-6-14/h2-11H,12H2,1H3,(H,21,23)/b10-7+. The predicted molar refractivity (Wildman–Crippen MR) is 91.5 cm³/mol. The van der Waals surface area contributed by atoms with Gasteiger partial charge in [-0.3, -0.25) is 9.59 Å². The van der Waals surface area contributed by atoms with Crippen LogP contribution in [0.1, 0.15) is 22.8 Å². The minimum atomic E-state index is -0.697. The molecule has 0 fully saturated rings. The van der Waals surface area contributed by atoms with Crippen LogP contribution in [0.15, 0.2) is 54.6 Å². The first-order valence-corrected chi connectivity index (χ1v) is 7.45. The summed E-state index contributed by atoms with van der Waals surface area (Å²) in [5.41, 5.74) is 1.54. The number of amides is 1. The molecule has 0 aliphatic carbocycles. The lowest BCUT2D eigenvalue weighted by molar-refractivity contribution is -0.142. The fourth-order valence-electron chi connectivity index (χ4n) is 1.94. The van der Waals surface area contributed by atoms with Gasteiger partial charge in [0.15, 0.2) is 12.4 Å². The average molecular weight is 341 g/mol. The van der Waals surface area contributed by atoms with Crippen LogP contribution in [0, 0.1) is 5.82 Å². The molecule has 128 valence electrons. The Kier molecular flexibility index (Phi) is 6.17. The van der Waals surface area contributed by atoms with Gasteiger partial charge in [-0.2, -0.15) is 0 Å². The zero-order valence-corrected chi connectivity index (χ0v) is 13.5. The number of ketones is 1. The summed E-state index contributed by atoms with van der Waals surface area (Å²) in [5, 5.41) is 2.54. The molecule has 2 rings (SSSR count). The topological polar surface area (TPSA) is 72.5 Å². The molecule has 0 saturated heterocycles. The lowest BCUT2D eigenvalue weighted by Crippen LogP contribution is -2.20. The highest BCUT2D eigenvalue weighted by molar-refractivity contribution is 5.98. The Labute approximate surface area is 144 Å². The summed E-state index contributed by atoms with van der Waals surface area (Å²) in [4.78, 5) is 34.6. The number of ether oxygens (including phenoxy) is 1. The van der Waals surface area contributed by atoms with Gasteiger partial charge >= 0.3 is 5.97 Å². The van der Waals surface area contributed by atoms with Gasteiger partial charge < -0.3 is 10.1 Å². The Morgan fingerprint density at radius 3 is 2.52 bits per heavy atom. The molecule has 1 N–H and O–H groups in total. The fraction of sp³-hybridized carbons (Fsp3) is 0.105. The van der Waals surface area contributed by atoms with Crippen LogP contribution in [0.25, 0.3) is 6.08 Å². The van der Waals surface area contributed by atoms with E-state index in [1.807, 2.05) is 0 Å². The minimum absolute atomic E-state index is 0.117. The Hall–Kier alpha value is -3.28. The van der Waals surface area contributed by atoms with Crippen LogP contribution in [0.5, 0.6) is 0 Å². The van der Waals surface area contributed by atoms with E-state index < -0.39 is 18.5 Å². The van der Waals surface area contributed by atoms with Crippen molar-refractivity contribution >= 4 is 29.4 Å². The van der Waals surface area contributed by atoms with Crippen molar-refractivity contribution in [3.8, 4) is 0 Å². The van der Waals surface area contributed by atoms with Crippen LogP contribution in [-0.4, -0.2) is 24.3 Å². The molecule has 25 heavy (non-hydrogen) atoms. The molecule has 0 unspecified atom stereocenters. The molecule has 2 aromatic rings. The van der Waals surface area contributed by atoms with E-state index in [2.05, 4.69) is 5.32 Å². The molecular formula is C19H16FNO4. The number of anilines is 1. The van der Waals surface area contributed by atoms with Gasteiger partial charge in [0.25, 0.3) is 5.91 Å². The third kappa shape index (κ3) is 6.02. The molecule has 0 spiro atoms. The number of hydrogen-bond acceptors (Lipinski definition) is 4.